The van der Waals surface area contributed by atoms with E-state index in [4.69, 9.17) is 10.8 Å². The maximum absolute atomic E-state index is 10.3. The maximum Gasteiger partial charge on any atom is 0.320 e. The van der Waals surface area contributed by atoms with Gasteiger partial charge in [-0.15, -0.1) is 0 Å². The highest BCUT2D eigenvalue weighted by atomic mass is 35.5. The van der Waals surface area contributed by atoms with E-state index in [9.17, 15) is 4.79 Å². The van der Waals surface area contributed by atoms with Gasteiger partial charge in [0.15, 0.2) is 0 Å². The van der Waals surface area contributed by atoms with E-state index in [2.05, 4.69) is 9.97 Å². The highest BCUT2D eigenvalue weighted by Crippen LogP contribution is 1.92. The first-order valence-corrected chi connectivity index (χ1v) is 3.44. The van der Waals surface area contributed by atoms with Crippen LogP contribution in [0.25, 0.3) is 0 Å². The van der Waals surface area contributed by atoms with Gasteiger partial charge < -0.3 is 23.2 Å². The first-order chi connectivity index (χ1) is 5.70. The van der Waals surface area contributed by atoms with Gasteiger partial charge in [0.25, 0.3) is 0 Å². The fraction of sp³-hybridized carbons (Fsp3) is 0.286. The molecule has 6 heteroatoms. The normalized spacial score (nSPS) is 11.5. The van der Waals surface area contributed by atoms with Crippen LogP contribution in [0.3, 0.4) is 0 Å². The average molecular weight is 203 g/mol. The van der Waals surface area contributed by atoms with Gasteiger partial charge in [0.1, 0.15) is 11.9 Å². The Labute approximate surface area is 81.4 Å². The second kappa shape index (κ2) is 5.45. The van der Waals surface area contributed by atoms with Gasteiger partial charge in [0.2, 0.25) is 0 Å². The third-order valence-corrected chi connectivity index (χ3v) is 1.34. The van der Waals surface area contributed by atoms with Crippen molar-refractivity contribution in [2.45, 2.75) is 12.5 Å². The summed E-state index contributed by atoms with van der Waals surface area (Å²) >= 11 is 0. The zero-order valence-electron chi connectivity index (χ0n) is 6.72. The number of hydrogen-bond donors (Lipinski definition) is 2. The number of hydrogen-bond acceptors (Lipinski definition) is 4. The summed E-state index contributed by atoms with van der Waals surface area (Å²) in [6.07, 6.45) is 3.27. The molecule has 0 fully saturated rings. The Balaban J connectivity index is 0.00000144. The molecule has 3 N–H and O–H groups in total. The van der Waals surface area contributed by atoms with Crippen LogP contribution in [0.4, 0.5) is 0 Å². The van der Waals surface area contributed by atoms with E-state index in [0.29, 0.717) is 5.82 Å². The summed E-state index contributed by atoms with van der Waals surface area (Å²) in [4.78, 5) is 18.0. The summed E-state index contributed by atoms with van der Waals surface area (Å²) < 4.78 is 0. The van der Waals surface area contributed by atoms with Gasteiger partial charge in [-0.25, -0.2) is 9.97 Å². The van der Waals surface area contributed by atoms with Crippen LogP contribution in [-0.4, -0.2) is 27.1 Å². The van der Waals surface area contributed by atoms with Gasteiger partial charge in [0.05, 0.1) is 0 Å². The Morgan fingerprint density at radius 2 is 2.08 bits per heavy atom. The van der Waals surface area contributed by atoms with Crippen LogP contribution in [0.1, 0.15) is 5.82 Å². The molecule has 1 rings (SSSR count). The van der Waals surface area contributed by atoms with Crippen molar-refractivity contribution in [3.63, 3.8) is 0 Å². The molecule has 0 amide bonds. The highest BCUT2D eigenvalue weighted by Gasteiger charge is 2.12. The summed E-state index contributed by atoms with van der Waals surface area (Å²) in [7, 11) is 0. The van der Waals surface area contributed by atoms with Crippen LogP contribution < -0.4 is 18.1 Å². The standard InChI is InChI=1S/C7H9N3O2.ClH/c8-5(7(11)12)4-6-9-2-1-3-10-6;/h1-3,5H,4,8H2,(H,11,12);1H/p-1. The number of halogens is 1. The lowest BCUT2D eigenvalue weighted by atomic mass is 10.2. The van der Waals surface area contributed by atoms with Crippen LogP contribution in [0.5, 0.6) is 0 Å². The van der Waals surface area contributed by atoms with Crippen molar-refractivity contribution in [2.75, 3.05) is 0 Å². The second-order valence-electron chi connectivity index (χ2n) is 2.31. The Hall–Kier alpha value is -1.20. The van der Waals surface area contributed by atoms with Gasteiger partial charge in [-0.1, -0.05) is 0 Å². The first kappa shape index (κ1) is 11.8. The molecular formula is C7H9ClN3O2-. The molecule has 0 saturated carbocycles. The number of nitrogens with zero attached hydrogens (tertiary/aromatic N) is 2. The molecule has 1 atom stereocenters. The molecule has 72 valence electrons. The van der Waals surface area contributed by atoms with Crippen LogP contribution in [0, 0.1) is 0 Å². The summed E-state index contributed by atoms with van der Waals surface area (Å²) in [5.41, 5.74) is 5.27. The van der Waals surface area contributed by atoms with E-state index in [1.165, 1.54) is 0 Å². The molecule has 1 aromatic rings. The Kier molecular flexibility index (Phi) is 4.94. The van der Waals surface area contributed by atoms with Crippen LogP contribution in [0.15, 0.2) is 18.5 Å². The molecule has 0 aliphatic rings. The van der Waals surface area contributed by atoms with E-state index >= 15 is 0 Å². The van der Waals surface area contributed by atoms with E-state index in [1.807, 2.05) is 0 Å². The number of aromatic nitrogens is 2. The summed E-state index contributed by atoms with van der Waals surface area (Å²) in [6, 6.07) is 0.739. The van der Waals surface area contributed by atoms with Crippen molar-refractivity contribution >= 4 is 5.97 Å². The predicted molar refractivity (Wildman–Crippen MR) is 41.3 cm³/mol. The molecule has 1 aromatic heterocycles. The molecule has 0 radical (unpaired) electrons. The molecule has 5 nitrogen and oxygen atoms in total. The largest absolute Gasteiger partial charge is 1.00 e. The number of carbonyl (C=O) groups is 1. The third kappa shape index (κ3) is 3.82. The van der Waals surface area contributed by atoms with Crippen molar-refractivity contribution in [1.82, 2.24) is 9.97 Å². The fourth-order valence-electron chi connectivity index (χ4n) is 0.719. The highest BCUT2D eigenvalue weighted by molar-refractivity contribution is 5.73. The van der Waals surface area contributed by atoms with Gasteiger partial charge in [0, 0.05) is 18.8 Å². The molecule has 1 unspecified atom stereocenters. The SMILES string of the molecule is NC(Cc1ncccn1)C(=O)O.[Cl-]. The predicted octanol–water partition coefficient (Wildman–Crippen LogP) is -3.56. The van der Waals surface area contributed by atoms with E-state index in [-0.39, 0.29) is 18.8 Å². The Bertz CT molecular complexity index is 268. The lowest BCUT2D eigenvalue weighted by Crippen LogP contribution is -3.00. The van der Waals surface area contributed by atoms with Crippen molar-refractivity contribution < 1.29 is 22.3 Å². The number of nitrogens with two attached hydrogens (primary N) is 1. The maximum atomic E-state index is 10.3. The zero-order valence-corrected chi connectivity index (χ0v) is 7.48. The summed E-state index contributed by atoms with van der Waals surface area (Å²) in [5, 5.41) is 8.46. The van der Waals surface area contributed by atoms with Crippen LogP contribution >= 0.6 is 0 Å². The molecule has 13 heavy (non-hydrogen) atoms. The van der Waals surface area contributed by atoms with Gasteiger partial charge >= 0.3 is 5.97 Å². The first-order valence-electron chi connectivity index (χ1n) is 3.44. The van der Waals surface area contributed by atoms with Crippen molar-refractivity contribution in [1.29, 1.82) is 0 Å². The molecule has 0 aliphatic heterocycles. The number of aliphatic carboxylic acids is 1. The quantitative estimate of drug-likeness (QED) is 0.530. The van der Waals surface area contributed by atoms with E-state index < -0.39 is 12.0 Å². The van der Waals surface area contributed by atoms with E-state index in [0.717, 1.165) is 0 Å². The number of carboxylic acids is 1. The van der Waals surface area contributed by atoms with Crippen molar-refractivity contribution in [2.24, 2.45) is 5.73 Å². The molecule has 0 bridgehead atoms. The monoisotopic (exact) mass is 202 g/mol. The average Bonchev–Trinajstić information content (AvgIpc) is 2.06. The molecular weight excluding hydrogens is 194 g/mol. The molecule has 0 spiro atoms. The molecule has 0 aliphatic carbocycles. The number of carboxylic acid groups (broad SMARTS) is 1. The zero-order chi connectivity index (χ0) is 8.97. The molecule has 1 heterocycles. The summed E-state index contributed by atoms with van der Waals surface area (Å²) in [6.45, 7) is 0. The minimum Gasteiger partial charge on any atom is -1.00 e. The van der Waals surface area contributed by atoms with Gasteiger partial charge in [-0.2, -0.15) is 0 Å². The minimum atomic E-state index is -1.04. The van der Waals surface area contributed by atoms with Gasteiger partial charge in [-0.3, -0.25) is 4.79 Å². The Morgan fingerprint density at radius 3 is 2.54 bits per heavy atom. The lowest BCUT2D eigenvalue weighted by molar-refractivity contribution is -0.138. The van der Waals surface area contributed by atoms with Gasteiger partial charge in [-0.05, 0) is 6.07 Å². The minimum absolute atomic E-state index is 0. The van der Waals surface area contributed by atoms with Crippen LogP contribution in [0.2, 0.25) is 0 Å². The van der Waals surface area contributed by atoms with Crippen molar-refractivity contribution in [3.8, 4) is 0 Å². The van der Waals surface area contributed by atoms with Crippen molar-refractivity contribution in [3.05, 3.63) is 24.3 Å². The second-order valence-corrected chi connectivity index (χ2v) is 2.31. The topological polar surface area (TPSA) is 89.1 Å². The fourth-order valence-corrected chi connectivity index (χ4v) is 0.719. The molecule has 0 saturated heterocycles. The van der Waals surface area contributed by atoms with E-state index in [1.54, 1.807) is 18.5 Å². The summed E-state index contributed by atoms with van der Waals surface area (Å²) in [5.74, 6) is -0.588. The lowest BCUT2D eigenvalue weighted by Gasteiger charge is -2.03. The smallest absolute Gasteiger partial charge is 0.320 e. The Morgan fingerprint density at radius 1 is 1.54 bits per heavy atom. The van der Waals surface area contributed by atoms with Crippen LogP contribution in [-0.2, 0) is 11.2 Å². The third-order valence-electron chi connectivity index (χ3n) is 1.34. The number of rotatable bonds is 3. The molecule has 0 aromatic carbocycles.